The van der Waals surface area contributed by atoms with Crippen LogP contribution in [0.4, 0.5) is 5.69 Å². The van der Waals surface area contributed by atoms with Crippen molar-refractivity contribution in [1.29, 1.82) is 0 Å². The van der Waals surface area contributed by atoms with Crippen LogP contribution in [0.15, 0.2) is 41.2 Å². The largest absolute Gasteiger partial charge is 0.394 e. The van der Waals surface area contributed by atoms with E-state index in [0.717, 1.165) is 15.7 Å². The first-order chi connectivity index (χ1) is 16.6. The van der Waals surface area contributed by atoms with Gasteiger partial charge in [-0.2, -0.15) is 0 Å². The molecule has 3 rings (SSSR count). The van der Waals surface area contributed by atoms with Crippen molar-refractivity contribution in [2.75, 3.05) is 11.9 Å². The van der Waals surface area contributed by atoms with Crippen LogP contribution in [0.5, 0.6) is 0 Å². The predicted molar refractivity (Wildman–Crippen MR) is 124 cm³/mol. The van der Waals surface area contributed by atoms with Crippen LogP contribution in [0.2, 0.25) is 0 Å². The lowest BCUT2D eigenvalue weighted by atomic mass is 10.1. The highest BCUT2D eigenvalue weighted by Crippen LogP contribution is 2.19. The minimum absolute atomic E-state index is 0.139. The van der Waals surface area contributed by atoms with Crippen LogP contribution in [0.25, 0.3) is 11.0 Å². The topological polar surface area (TPSA) is 194 Å². The number of rotatable bonds is 8. The lowest BCUT2D eigenvalue weighted by Gasteiger charge is -2.23. The van der Waals surface area contributed by atoms with Gasteiger partial charge in [0.25, 0.3) is 17.4 Å². The first-order valence-electron chi connectivity index (χ1n) is 10.6. The van der Waals surface area contributed by atoms with Gasteiger partial charge in [0.05, 0.1) is 24.2 Å². The van der Waals surface area contributed by atoms with Crippen molar-refractivity contribution in [2.45, 2.75) is 38.7 Å². The van der Waals surface area contributed by atoms with E-state index in [-0.39, 0.29) is 16.8 Å². The first kappa shape index (κ1) is 25.9. The van der Waals surface area contributed by atoms with Crippen LogP contribution in [0, 0.1) is 13.8 Å². The van der Waals surface area contributed by atoms with Crippen molar-refractivity contribution >= 4 is 28.5 Å². The number of amides is 2. The first-order valence-corrected chi connectivity index (χ1v) is 10.6. The molecular weight excluding hydrogens is 460 g/mol. The fourth-order valence-corrected chi connectivity index (χ4v) is 3.45. The summed E-state index contributed by atoms with van der Waals surface area (Å²) >= 11 is 0. The zero-order valence-corrected chi connectivity index (χ0v) is 19.0. The number of hydrogen-bond donors (Lipinski definition) is 7. The van der Waals surface area contributed by atoms with E-state index >= 15 is 0 Å². The minimum atomic E-state index is -1.74. The number of aromatic nitrogens is 2. The predicted octanol–water partition coefficient (Wildman–Crippen LogP) is -0.540. The molecule has 0 aliphatic heterocycles. The second-order valence-electron chi connectivity index (χ2n) is 8.08. The van der Waals surface area contributed by atoms with Gasteiger partial charge in [-0.1, -0.05) is 0 Å². The lowest BCUT2D eigenvalue weighted by molar-refractivity contribution is -0.0805. The highest BCUT2D eigenvalue weighted by Gasteiger charge is 2.27. The zero-order valence-electron chi connectivity index (χ0n) is 19.0. The molecule has 3 aromatic rings. The molecule has 35 heavy (non-hydrogen) atoms. The SMILES string of the molecule is Cc1cc2nc(C(=O)Nc3ccc(C(=O)NO)cc3)c(=O)n(C[C@H](O)[C@H](O)[C@H](O)CO)c2cc1C. The third-order valence-corrected chi connectivity index (χ3v) is 5.63. The lowest BCUT2D eigenvalue weighted by Crippen LogP contribution is -2.44. The average Bonchev–Trinajstić information content (AvgIpc) is 2.85. The van der Waals surface area contributed by atoms with Gasteiger partial charge in [0, 0.05) is 11.3 Å². The van der Waals surface area contributed by atoms with E-state index in [0.29, 0.717) is 5.52 Å². The Morgan fingerprint density at radius 3 is 2.23 bits per heavy atom. The fraction of sp³-hybridized carbons (Fsp3) is 0.304. The van der Waals surface area contributed by atoms with E-state index in [4.69, 9.17) is 10.3 Å². The molecule has 12 nitrogen and oxygen atoms in total. The highest BCUT2D eigenvalue weighted by molar-refractivity contribution is 6.04. The minimum Gasteiger partial charge on any atom is -0.394 e. The van der Waals surface area contributed by atoms with E-state index in [1.165, 1.54) is 29.7 Å². The molecule has 0 bridgehead atoms. The summed E-state index contributed by atoms with van der Waals surface area (Å²) in [5.74, 6) is -1.59. The molecule has 0 unspecified atom stereocenters. The number of benzene rings is 2. The Morgan fingerprint density at radius 2 is 1.63 bits per heavy atom. The van der Waals surface area contributed by atoms with Crippen molar-refractivity contribution in [3.8, 4) is 0 Å². The number of nitrogens with zero attached hydrogens (tertiary/aromatic N) is 2. The van der Waals surface area contributed by atoms with Gasteiger partial charge in [-0.05, 0) is 61.4 Å². The Labute approximate surface area is 199 Å². The van der Waals surface area contributed by atoms with E-state index in [9.17, 15) is 29.7 Å². The quantitative estimate of drug-likeness (QED) is 0.162. The molecule has 2 amide bonds. The number of nitrogens with one attached hydrogen (secondary N) is 2. The van der Waals surface area contributed by atoms with Crippen molar-refractivity contribution in [3.05, 3.63) is 69.1 Å². The zero-order chi connectivity index (χ0) is 25.9. The Morgan fingerprint density at radius 1 is 1.00 bits per heavy atom. The Hall–Kier alpha value is -3.68. The molecule has 2 aromatic carbocycles. The van der Waals surface area contributed by atoms with E-state index in [1.54, 1.807) is 12.1 Å². The summed E-state index contributed by atoms with van der Waals surface area (Å²) in [6.07, 6.45) is -5.01. The summed E-state index contributed by atoms with van der Waals surface area (Å²) in [6, 6.07) is 8.82. The van der Waals surface area contributed by atoms with Crippen molar-refractivity contribution in [3.63, 3.8) is 0 Å². The molecule has 12 heteroatoms. The standard InChI is InChI=1S/C23H26N4O8/c1-11-7-15-16(8-12(11)2)27(9-17(29)20(31)18(30)10-28)23(34)19(25-15)22(33)24-14-5-3-13(4-6-14)21(32)26-35/h3-8,17-18,20,28-31,35H,9-10H2,1-2H3,(H,24,33)(H,26,32)/t17-,18+,20-/m0/s1. The highest BCUT2D eigenvalue weighted by atomic mass is 16.5. The molecule has 0 aliphatic rings. The van der Waals surface area contributed by atoms with Crippen molar-refractivity contribution in [2.24, 2.45) is 0 Å². The van der Waals surface area contributed by atoms with Gasteiger partial charge in [0.2, 0.25) is 0 Å². The number of anilines is 1. The maximum atomic E-state index is 13.2. The molecule has 0 aliphatic carbocycles. The molecule has 0 saturated carbocycles. The maximum absolute atomic E-state index is 13.2. The summed E-state index contributed by atoms with van der Waals surface area (Å²) in [7, 11) is 0. The van der Waals surface area contributed by atoms with Gasteiger partial charge in [0.15, 0.2) is 5.69 Å². The van der Waals surface area contributed by atoms with Gasteiger partial charge in [-0.25, -0.2) is 10.5 Å². The van der Waals surface area contributed by atoms with Gasteiger partial charge in [-0.15, -0.1) is 0 Å². The second kappa shape index (κ2) is 10.7. The van der Waals surface area contributed by atoms with E-state index < -0.39 is 54.5 Å². The normalized spacial score (nSPS) is 13.8. The van der Waals surface area contributed by atoms with Crippen molar-refractivity contribution < 1.29 is 35.2 Å². The van der Waals surface area contributed by atoms with Crippen LogP contribution in [0.1, 0.15) is 32.0 Å². The molecule has 1 heterocycles. The van der Waals surface area contributed by atoms with E-state index in [1.807, 2.05) is 13.8 Å². The molecule has 3 atom stereocenters. The third kappa shape index (κ3) is 5.53. The van der Waals surface area contributed by atoms with Gasteiger partial charge in [-0.3, -0.25) is 19.6 Å². The van der Waals surface area contributed by atoms with Gasteiger partial charge in [0.1, 0.15) is 18.3 Å². The second-order valence-corrected chi connectivity index (χ2v) is 8.08. The number of aliphatic hydroxyl groups is 4. The summed E-state index contributed by atoms with van der Waals surface area (Å²) in [5.41, 5.74) is 2.81. The number of hydrogen-bond acceptors (Lipinski definition) is 9. The molecular formula is C23H26N4O8. The van der Waals surface area contributed by atoms with Crippen molar-refractivity contribution in [1.82, 2.24) is 15.0 Å². The molecule has 0 radical (unpaired) electrons. The molecule has 1 aromatic heterocycles. The monoisotopic (exact) mass is 486 g/mol. The summed E-state index contributed by atoms with van der Waals surface area (Å²) in [6.45, 7) is 2.36. The van der Waals surface area contributed by atoms with Gasteiger partial charge >= 0.3 is 0 Å². The Bertz CT molecular complexity index is 1310. The molecule has 186 valence electrons. The smallest absolute Gasteiger partial charge is 0.282 e. The summed E-state index contributed by atoms with van der Waals surface area (Å²) < 4.78 is 1.08. The Kier molecular flexibility index (Phi) is 7.94. The summed E-state index contributed by atoms with van der Waals surface area (Å²) in [5, 5.41) is 50.3. The van der Waals surface area contributed by atoms with Gasteiger partial charge < -0.3 is 30.3 Å². The fourth-order valence-electron chi connectivity index (χ4n) is 3.45. The molecule has 0 saturated heterocycles. The number of fused-ring (bicyclic) bond motifs is 1. The number of aliphatic hydroxyl groups excluding tert-OH is 4. The third-order valence-electron chi connectivity index (χ3n) is 5.63. The number of hydroxylamine groups is 1. The van der Waals surface area contributed by atoms with Crippen LogP contribution >= 0.6 is 0 Å². The van der Waals surface area contributed by atoms with Crippen LogP contribution in [0.3, 0.4) is 0 Å². The number of aryl methyl sites for hydroxylation is 2. The van der Waals surface area contributed by atoms with Crippen LogP contribution < -0.4 is 16.4 Å². The summed E-state index contributed by atoms with van der Waals surface area (Å²) in [4.78, 5) is 41.9. The molecule has 7 N–H and O–H groups in total. The Balaban J connectivity index is 2.03. The average molecular weight is 486 g/mol. The van der Waals surface area contributed by atoms with Crippen LogP contribution in [-0.2, 0) is 6.54 Å². The molecule has 0 spiro atoms. The van der Waals surface area contributed by atoms with Crippen LogP contribution in [-0.4, -0.2) is 71.9 Å². The van der Waals surface area contributed by atoms with E-state index in [2.05, 4.69) is 10.3 Å². The number of carbonyl (C=O) groups is 2. The number of carbonyl (C=O) groups excluding carboxylic acids is 2. The maximum Gasteiger partial charge on any atom is 0.282 e. The molecule has 0 fully saturated rings.